The quantitative estimate of drug-likeness (QED) is 0.725. The number of hydrogen-bond acceptors (Lipinski definition) is 4. The van der Waals surface area contributed by atoms with Crippen molar-refractivity contribution in [3.8, 4) is 0 Å². The molecule has 2 atom stereocenters. The van der Waals surface area contributed by atoms with Crippen molar-refractivity contribution in [1.29, 1.82) is 0 Å². The van der Waals surface area contributed by atoms with Gasteiger partial charge < -0.3 is 5.11 Å². The highest BCUT2D eigenvalue weighted by atomic mass is 32.2. The molecule has 0 aromatic rings. The molecular formula is C9H18N2O4S. The minimum Gasteiger partial charge on any atom is -0.480 e. The van der Waals surface area contributed by atoms with Crippen molar-refractivity contribution in [1.82, 2.24) is 9.21 Å². The monoisotopic (exact) mass is 250 g/mol. The van der Waals surface area contributed by atoms with Crippen molar-refractivity contribution in [3.05, 3.63) is 0 Å². The van der Waals surface area contributed by atoms with Gasteiger partial charge in [-0.15, -0.1) is 0 Å². The van der Waals surface area contributed by atoms with Crippen LogP contribution in [0.15, 0.2) is 0 Å². The van der Waals surface area contributed by atoms with Gasteiger partial charge in [-0.1, -0.05) is 0 Å². The average molecular weight is 250 g/mol. The van der Waals surface area contributed by atoms with Gasteiger partial charge in [0.15, 0.2) is 0 Å². The zero-order valence-corrected chi connectivity index (χ0v) is 10.6. The zero-order chi connectivity index (χ0) is 12.5. The molecule has 7 heteroatoms. The van der Waals surface area contributed by atoms with Crippen LogP contribution in [-0.4, -0.2) is 66.7 Å². The van der Waals surface area contributed by atoms with E-state index in [9.17, 15) is 13.2 Å². The Bertz CT molecular complexity index is 368. The molecule has 0 amide bonds. The van der Waals surface area contributed by atoms with Gasteiger partial charge in [0, 0.05) is 25.7 Å². The fourth-order valence-electron chi connectivity index (χ4n) is 1.97. The molecule has 1 saturated heterocycles. The first kappa shape index (κ1) is 13.4. The fraction of sp³-hybridized carbons (Fsp3) is 0.889. The predicted molar refractivity (Wildman–Crippen MR) is 59.7 cm³/mol. The normalized spacial score (nSPS) is 26.6. The summed E-state index contributed by atoms with van der Waals surface area (Å²) in [6.45, 7) is 4.69. The van der Waals surface area contributed by atoms with Gasteiger partial charge in [0.1, 0.15) is 6.04 Å². The minimum absolute atomic E-state index is 0.175. The van der Waals surface area contributed by atoms with Crippen molar-refractivity contribution in [2.45, 2.75) is 25.9 Å². The molecule has 0 aromatic carbocycles. The summed E-state index contributed by atoms with van der Waals surface area (Å²) < 4.78 is 24.2. The van der Waals surface area contributed by atoms with E-state index in [2.05, 4.69) is 0 Å². The third-order valence-electron chi connectivity index (χ3n) is 2.93. The molecule has 0 aliphatic carbocycles. The summed E-state index contributed by atoms with van der Waals surface area (Å²) in [7, 11) is -3.19. The first-order valence-electron chi connectivity index (χ1n) is 5.17. The number of piperazine rings is 1. The molecule has 1 aliphatic rings. The average Bonchev–Trinajstić information content (AvgIpc) is 2.14. The van der Waals surface area contributed by atoms with Gasteiger partial charge in [0.05, 0.1) is 6.26 Å². The first-order valence-corrected chi connectivity index (χ1v) is 7.02. The largest absolute Gasteiger partial charge is 0.480 e. The van der Waals surface area contributed by atoms with Crippen molar-refractivity contribution in [3.63, 3.8) is 0 Å². The first-order chi connectivity index (χ1) is 7.23. The van der Waals surface area contributed by atoms with Crippen LogP contribution in [0, 0.1) is 0 Å². The molecule has 0 radical (unpaired) electrons. The number of aliphatic carboxylic acids is 1. The van der Waals surface area contributed by atoms with Gasteiger partial charge in [-0.25, -0.2) is 8.42 Å². The molecule has 0 saturated carbocycles. The molecule has 6 nitrogen and oxygen atoms in total. The van der Waals surface area contributed by atoms with Crippen LogP contribution in [0.4, 0.5) is 0 Å². The highest BCUT2D eigenvalue weighted by Gasteiger charge is 2.33. The molecule has 0 aromatic heterocycles. The standard InChI is InChI=1S/C9H18N2O4S/c1-7-6-10(8(2)9(12)13)4-5-11(7)16(3,14)15/h7-8H,4-6H2,1-3H3,(H,12,13)/t7-,8?/m0/s1. The molecule has 16 heavy (non-hydrogen) atoms. The molecule has 94 valence electrons. The third kappa shape index (κ3) is 2.93. The van der Waals surface area contributed by atoms with Crippen LogP contribution < -0.4 is 0 Å². The lowest BCUT2D eigenvalue weighted by Gasteiger charge is -2.39. The Balaban J connectivity index is 2.69. The van der Waals surface area contributed by atoms with Crippen molar-refractivity contribution in [2.75, 3.05) is 25.9 Å². The lowest BCUT2D eigenvalue weighted by molar-refractivity contribution is -0.143. The smallest absolute Gasteiger partial charge is 0.320 e. The van der Waals surface area contributed by atoms with Crippen LogP contribution in [0.1, 0.15) is 13.8 Å². The number of carboxylic acid groups (broad SMARTS) is 1. The molecule has 1 heterocycles. The maximum atomic E-state index is 11.4. The number of rotatable bonds is 3. The number of hydrogen-bond donors (Lipinski definition) is 1. The van der Waals surface area contributed by atoms with Gasteiger partial charge >= 0.3 is 5.97 Å². The second-order valence-corrected chi connectivity index (χ2v) is 6.17. The van der Waals surface area contributed by atoms with Gasteiger partial charge in [-0.05, 0) is 13.8 Å². The van der Waals surface area contributed by atoms with E-state index in [1.54, 1.807) is 18.7 Å². The van der Waals surface area contributed by atoms with Crippen molar-refractivity contribution < 1.29 is 18.3 Å². The van der Waals surface area contributed by atoms with E-state index >= 15 is 0 Å². The van der Waals surface area contributed by atoms with E-state index in [4.69, 9.17) is 5.11 Å². The zero-order valence-electron chi connectivity index (χ0n) is 9.75. The number of carbonyl (C=O) groups is 1. The summed E-state index contributed by atoms with van der Waals surface area (Å²) in [5, 5.41) is 8.87. The summed E-state index contributed by atoms with van der Waals surface area (Å²) >= 11 is 0. The fourth-order valence-corrected chi connectivity index (χ4v) is 3.10. The van der Waals surface area contributed by atoms with E-state index < -0.39 is 22.0 Å². The molecule has 1 N–H and O–H groups in total. The Hall–Kier alpha value is -0.660. The molecule has 1 unspecified atom stereocenters. The predicted octanol–water partition coefficient (Wildman–Crippen LogP) is -0.575. The van der Waals surface area contributed by atoms with E-state index in [0.29, 0.717) is 19.6 Å². The highest BCUT2D eigenvalue weighted by Crippen LogP contribution is 2.15. The summed E-state index contributed by atoms with van der Waals surface area (Å²) in [6.07, 6.45) is 1.18. The van der Waals surface area contributed by atoms with Crippen LogP contribution in [0.25, 0.3) is 0 Å². The van der Waals surface area contributed by atoms with E-state index in [1.165, 1.54) is 10.6 Å². The lowest BCUT2D eigenvalue weighted by atomic mass is 10.2. The SMILES string of the molecule is CC(C(=O)O)N1CCN(S(C)(=O)=O)[C@@H](C)C1. The topological polar surface area (TPSA) is 77.9 Å². The molecule has 0 spiro atoms. The molecule has 0 bridgehead atoms. The van der Waals surface area contributed by atoms with Crippen molar-refractivity contribution >= 4 is 16.0 Å². The second-order valence-electron chi connectivity index (χ2n) is 4.23. The molecular weight excluding hydrogens is 232 g/mol. The summed E-state index contributed by atoms with van der Waals surface area (Å²) in [5.41, 5.74) is 0. The number of sulfonamides is 1. The van der Waals surface area contributed by atoms with Crippen LogP contribution in [0.5, 0.6) is 0 Å². The maximum Gasteiger partial charge on any atom is 0.320 e. The summed E-state index contributed by atoms with van der Waals surface area (Å²) in [4.78, 5) is 12.6. The Morgan fingerprint density at radius 2 is 2.00 bits per heavy atom. The maximum absolute atomic E-state index is 11.4. The number of nitrogens with zero attached hydrogens (tertiary/aromatic N) is 2. The van der Waals surface area contributed by atoms with Gasteiger partial charge in [0.2, 0.25) is 10.0 Å². The highest BCUT2D eigenvalue weighted by molar-refractivity contribution is 7.88. The second kappa shape index (κ2) is 4.68. The van der Waals surface area contributed by atoms with Crippen LogP contribution >= 0.6 is 0 Å². The Morgan fingerprint density at radius 3 is 2.38 bits per heavy atom. The summed E-state index contributed by atoms with van der Waals surface area (Å²) in [5.74, 6) is -0.875. The third-order valence-corrected chi connectivity index (χ3v) is 4.32. The molecule has 1 rings (SSSR count). The molecule has 1 fully saturated rings. The van der Waals surface area contributed by atoms with E-state index in [-0.39, 0.29) is 6.04 Å². The van der Waals surface area contributed by atoms with E-state index in [1.807, 2.05) is 0 Å². The Labute approximate surface area is 95.9 Å². The van der Waals surface area contributed by atoms with Crippen LogP contribution in [0.2, 0.25) is 0 Å². The van der Waals surface area contributed by atoms with E-state index in [0.717, 1.165) is 0 Å². The van der Waals surface area contributed by atoms with Gasteiger partial charge in [0.25, 0.3) is 0 Å². The number of carboxylic acids is 1. The molecule has 1 aliphatic heterocycles. The van der Waals surface area contributed by atoms with Crippen LogP contribution in [-0.2, 0) is 14.8 Å². The van der Waals surface area contributed by atoms with Gasteiger partial charge in [-0.3, -0.25) is 9.69 Å². The summed E-state index contributed by atoms with van der Waals surface area (Å²) in [6, 6.07) is -0.741. The lowest BCUT2D eigenvalue weighted by Crippen LogP contribution is -2.57. The van der Waals surface area contributed by atoms with Crippen LogP contribution in [0.3, 0.4) is 0 Å². The Kier molecular flexibility index (Phi) is 3.92. The van der Waals surface area contributed by atoms with Gasteiger partial charge in [-0.2, -0.15) is 4.31 Å². The Morgan fingerprint density at radius 1 is 1.44 bits per heavy atom. The minimum atomic E-state index is -3.19. The van der Waals surface area contributed by atoms with Crippen molar-refractivity contribution in [2.24, 2.45) is 0 Å².